The number of aromatic nitrogens is 1. The lowest BCUT2D eigenvalue weighted by molar-refractivity contribution is -0.118. The molecule has 14 heavy (non-hydrogen) atoms. The van der Waals surface area contributed by atoms with E-state index in [4.69, 9.17) is 11.6 Å². The average Bonchev–Trinajstić information content (AvgIpc) is 2.65. The minimum atomic E-state index is -0.110. The third-order valence-corrected chi connectivity index (χ3v) is 2.33. The molecule has 1 N–H and O–H groups in total. The first-order valence-corrected chi connectivity index (χ1v) is 5.28. The Bertz CT molecular complexity index is 296. The largest absolute Gasteiger partial charge is 0.355 e. The first-order valence-electron chi connectivity index (χ1n) is 4.74. The molecule has 0 saturated carbocycles. The van der Waals surface area contributed by atoms with Gasteiger partial charge in [0, 0.05) is 31.4 Å². The van der Waals surface area contributed by atoms with Gasteiger partial charge >= 0.3 is 0 Å². The number of aryl methyl sites for hydroxylation is 1. The highest BCUT2D eigenvalue weighted by atomic mass is 35.5. The van der Waals surface area contributed by atoms with E-state index >= 15 is 0 Å². The van der Waals surface area contributed by atoms with Crippen molar-refractivity contribution in [2.24, 2.45) is 0 Å². The average molecular weight is 215 g/mol. The maximum absolute atomic E-state index is 10.8. The van der Waals surface area contributed by atoms with Gasteiger partial charge in [-0.05, 0) is 19.1 Å². The van der Waals surface area contributed by atoms with Gasteiger partial charge in [-0.3, -0.25) is 4.79 Å². The van der Waals surface area contributed by atoms with E-state index in [9.17, 15) is 4.79 Å². The second kappa shape index (κ2) is 5.70. The van der Waals surface area contributed by atoms with E-state index in [0.29, 0.717) is 6.54 Å². The number of carbonyl (C=O) groups is 1. The Morgan fingerprint density at radius 3 is 3.07 bits per heavy atom. The number of nitrogens with one attached hydrogen (secondary N) is 1. The van der Waals surface area contributed by atoms with Crippen molar-refractivity contribution in [3.63, 3.8) is 0 Å². The topological polar surface area (TPSA) is 34.0 Å². The molecule has 1 rings (SSSR count). The Balaban J connectivity index is 2.34. The number of rotatable bonds is 5. The summed E-state index contributed by atoms with van der Waals surface area (Å²) >= 11 is 5.35. The Morgan fingerprint density at radius 1 is 1.64 bits per heavy atom. The minimum Gasteiger partial charge on any atom is -0.355 e. The van der Waals surface area contributed by atoms with E-state index in [-0.39, 0.29) is 11.8 Å². The summed E-state index contributed by atoms with van der Waals surface area (Å²) in [7, 11) is 0. The molecule has 1 aromatic rings. The molecule has 0 spiro atoms. The van der Waals surface area contributed by atoms with Gasteiger partial charge in [0.2, 0.25) is 5.91 Å². The van der Waals surface area contributed by atoms with Crippen LogP contribution in [0.3, 0.4) is 0 Å². The lowest BCUT2D eigenvalue weighted by Crippen LogP contribution is -2.27. The number of nitrogens with zero attached hydrogens (tertiary/aromatic N) is 1. The maximum atomic E-state index is 10.8. The molecule has 0 aromatic carbocycles. The highest BCUT2D eigenvalue weighted by Gasteiger charge is 2.00. The zero-order valence-electron chi connectivity index (χ0n) is 8.29. The molecule has 3 nitrogen and oxygen atoms in total. The first-order chi connectivity index (χ1) is 6.77. The zero-order chi connectivity index (χ0) is 10.4. The molecule has 1 aromatic heterocycles. The molecule has 0 saturated heterocycles. The van der Waals surface area contributed by atoms with Crippen molar-refractivity contribution in [1.29, 1.82) is 0 Å². The lowest BCUT2D eigenvalue weighted by atomic mass is 10.3. The number of hydrogen-bond acceptors (Lipinski definition) is 1. The van der Waals surface area contributed by atoms with Crippen LogP contribution in [-0.4, -0.2) is 22.9 Å². The molecule has 0 aliphatic heterocycles. The summed E-state index contributed by atoms with van der Waals surface area (Å²) in [6.07, 6.45) is 2.89. The van der Waals surface area contributed by atoms with E-state index < -0.39 is 0 Å². The normalized spacial score (nSPS) is 10.1. The summed E-state index contributed by atoms with van der Waals surface area (Å²) in [4.78, 5) is 10.8. The van der Waals surface area contributed by atoms with Crippen LogP contribution in [0.15, 0.2) is 18.3 Å². The van der Waals surface area contributed by atoms with E-state index in [1.165, 1.54) is 5.69 Å². The van der Waals surface area contributed by atoms with Gasteiger partial charge in [0.25, 0.3) is 0 Å². The van der Waals surface area contributed by atoms with Crippen LogP contribution in [0.1, 0.15) is 12.6 Å². The monoisotopic (exact) mass is 214 g/mol. The molecular formula is C10H15ClN2O. The van der Waals surface area contributed by atoms with Crippen LogP contribution < -0.4 is 5.32 Å². The van der Waals surface area contributed by atoms with Gasteiger partial charge in [0.1, 0.15) is 5.88 Å². The minimum absolute atomic E-state index is 0.0365. The molecule has 1 heterocycles. The van der Waals surface area contributed by atoms with Gasteiger partial charge < -0.3 is 9.88 Å². The Labute approximate surface area is 89.1 Å². The van der Waals surface area contributed by atoms with E-state index in [1.807, 2.05) is 12.3 Å². The van der Waals surface area contributed by atoms with Crippen molar-refractivity contribution in [1.82, 2.24) is 9.88 Å². The molecule has 78 valence electrons. The molecule has 0 unspecified atom stereocenters. The SMILES string of the molecule is CCn1cccc1CCNC(=O)CCl. The molecule has 0 aliphatic rings. The van der Waals surface area contributed by atoms with Gasteiger partial charge in [0.05, 0.1) is 0 Å². The number of amides is 1. The van der Waals surface area contributed by atoms with E-state index in [0.717, 1.165) is 13.0 Å². The van der Waals surface area contributed by atoms with Crippen molar-refractivity contribution in [2.75, 3.05) is 12.4 Å². The van der Waals surface area contributed by atoms with Crippen LogP contribution in [0.2, 0.25) is 0 Å². The summed E-state index contributed by atoms with van der Waals surface area (Å²) in [6.45, 7) is 3.71. The Hall–Kier alpha value is -0.960. The second-order valence-electron chi connectivity index (χ2n) is 3.02. The van der Waals surface area contributed by atoms with Crippen LogP contribution in [0.4, 0.5) is 0 Å². The number of hydrogen-bond donors (Lipinski definition) is 1. The summed E-state index contributed by atoms with van der Waals surface area (Å²) in [5.41, 5.74) is 1.24. The van der Waals surface area contributed by atoms with Crippen LogP contribution in [0.25, 0.3) is 0 Å². The van der Waals surface area contributed by atoms with Gasteiger partial charge in [0.15, 0.2) is 0 Å². The summed E-state index contributed by atoms with van der Waals surface area (Å²) in [5, 5.41) is 2.74. The molecule has 0 bridgehead atoms. The fourth-order valence-corrected chi connectivity index (χ4v) is 1.46. The van der Waals surface area contributed by atoms with Gasteiger partial charge in [-0.15, -0.1) is 11.6 Å². The number of halogens is 1. The summed E-state index contributed by atoms with van der Waals surface area (Å²) < 4.78 is 2.16. The lowest BCUT2D eigenvalue weighted by Gasteiger charge is -2.06. The van der Waals surface area contributed by atoms with Crippen molar-refractivity contribution in [3.05, 3.63) is 24.0 Å². The smallest absolute Gasteiger partial charge is 0.234 e. The zero-order valence-corrected chi connectivity index (χ0v) is 9.05. The summed E-state index contributed by atoms with van der Waals surface area (Å²) in [6, 6.07) is 4.08. The first kappa shape index (κ1) is 11.1. The number of carbonyl (C=O) groups excluding carboxylic acids is 1. The molecular weight excluding hydrogens is 200 g/mol. The van der Waals surface area contributed by atoms with Gasteiger partial charge in [-0.2, -0.15) is 0 Å². The van der Waals surface area contributed by atoms with E-state index in [1.54, 1.807) is 0 Å². The quantitative estimate of drug-likeness (QED) is 0.739. The van der Waals surface area contributed by atoms with Crippen LogP contribution >= 0.6 is 11.6 Å². The maximum Gasteiger partial charge on any atom is 0.234 e. The molecule has 0 atom stereocenters. The van der Waals surface area contributed by atoms with Crippen molar-refractivity contribution in [2.45, 2.75) is 19.9 Å². The molecule has 0 aliphatic carbocycles. The molecule has 1 amide bonds. The van der Waals surface area contributed by atoms with E-state index in [2.05, 4.69) is 22.9 Å². The molecule has 0 fully saturated rings. The second-order valence-corrected chi connectivity index (χ2v) is 3.29. The van der Waals surface area contributed by atoms with Gasteiger partial charge in [-0.1, -0.05) is 0 Å². The van der Waals surface area contributed by atoms with Gasteiger partial charge in [-0.25, -0.2) is 0 Å². The van der Waals surface area contributed by atoms with Crippen molar-refractivity contribution >= 4 is 17.5 Å². The summed E-state index contributed by atoms with van der Waals surface area (Å²) in [5.74, 6) is -0.0734. The van der Waals surface area contributed by atoms with Crippen molar-refractivity contribution in [3.8, 4) is 0 Å². The Kier molecular flexibility index (Phi) is 4.53. The predicted octanol–water partition coefficient (Wildman–Crippen LogP) is 1.41. The van der Waals surface area contributed by atoms with Crippen molar-refractivity contribution < 1.29 is 4.79 Å². The molecule has 0 radical (unpaired) electrons. The predicted molar refractivity (Wildman–Crippen MR) is 57.5 cm³/mol. The third kappa shape index (κ3) is 3.07. The third-order valence-electron chi connectivity index (χ3n) is 2.09. The van der Waals surface area contributed by atoms with Crippen LogP contribution in [0.5, 0.6) is 0 Å². The van der Waals surface area contributed by atoms with Crippen LogP contribution in [-0.2, 0) is 17.8 Å². The highest BCUT2D eigenvalue weighted by Crippen LogP contribution is 2.02. The molecule has 4 heteroatoms. The number of alkyl halides is 1. The Morgan fingerprint density at radius 2 is 2.43 bits per heavy atom. The fraction of sp³-hybridized carbons (Fsp3) is 0.500. The standard InChI is InChI=1S/C10H15ClN2O/c1-2-13-7-3-4-9(13)5-6-12-10(14)8-11/h3-4,7H,2,5-6,8H2,1H3,(H,12,14). The highest BCUT2D eigenvalue weighted by molar-refractivity contribution is 6.27. The fourth-order valence-electron chi connectivity index (χ4n) is 1.36. The van der Waals surface area contributed by atoms with Crippen LogP contribution in [0, 0.1) is 0 Å².